The Hall–Kier alpha value is -2.95. The van der Waals surface area contributed by atoms with Crippen LogP contribution in [0.1, 0.15) is 15.9 Å². The summed E-state index contributed by atoms with van der Waals surface area (Å²) in [5.41, 5.74) is 6.20. The van der Waals surface area contributed by atoms with Gasteiger partial charge in [-0.3, -0.25) is 0 Å². The van der Waals surface area contributed by atoms with E-state index in [1.54, 1.807) is 24.3 Å². The molecule has 1 saturated heterocycles. The van der Waals surface area contributed by atoms with Crippen molar-refractivity contribution < 1.29 is 27.5 Å². The van der Waals surface area contributed by atoms with Gasteiger partial charge in [0.2, 0.25) is 10.0 Å². The fourth-order valence-corrected chi connectivity index (χ4v) is 4.31. The van der Waals surface area contributed by atoms with Gasteiger partial charge in [-0.05, 0) is 35.9 Å². The minimum absolute atomic E-state index is 0.0984. The number of carbonyl (C=O) groups excluding carboxylic acids is 2. The number of hydrogen-bond donors (Lipinski definition) is 2. The minimum atomic E-state index is -3.63. The summed E-state index contributed by atoms with van der Waals surface area (Å²) in [7, 11) is -3.63. The summed E-state index contributed by atoms with van der Waals surface area (Å²) in [6.07, 6.45) is 0. The summed E-state index contributed by atoms with van der Waals surface area (Å²) in [5.74, 6) is -0.612. The van der Waals surface area contributed by atoms with Crippen LogP contribution >= 0.6 is 0 Å². The van der Waals surface area contributed by atoms with Gasteiger partial charge in [0.25, 0.3) is 0 Å². The second-order valence-electron chi connectivity index (χ2n) is 6.31. The topological polar surface area (TPSA) is 128 Å². The smallest absolute Gasteiger partial charge is 0.338 e. The summed E-state index contributed by atoms with van der Waals surface area (Å²) in [6, 6.07) is 11.7. The number of carbonyl (C=O) groups is 2. The molecule has 29 heavy (non-hydrogen) atoms. The number of nitrogens with one attached hydrogen (secondary N) is 1. The number of amides is 2. The summed E-state index contributed by atoms with van der Waals surface area (Å²) in [6.45, 7) is 1.23. The highest BCUT2D eigenvalue weighted by Gasteiger charge is 2.26. The standard InChI is InChI=1S/C19H21N3O6S/c20-19(24)21-16-5-2-4-15(12-16)18(23)28-13-14-3-1-6-17(11-14)29(25,26)22-7-9-27-10-8-22/h1-6,11-12H,7-10,13H2,(H3,20,21,24). The minimum Gasteiger partial charge on any atom is -0.457 e. The number of primary amides is 1. The third kappa shape index (κ3) is 5.31. The first-order chi connectivity index (χ1) is 13.9. The van der Waals surface area contributed by atoms with Crippen LogP contribution in [0.5, 0.6) is 0 Å². The van der Waals surface area contributed by atoms with Crippen LogP contribution in [0.3, 0.4) is 0 Å². The Morgan fingerprint density at radius 1 is 1.10 bits per heavy atom. The Kier molecular flexibility index (Phi) is 6.47. The number of rotatable bonds is 6. The summed E-state index contributed by atoms with van der Waals surface area (Å²) in [5, 5.41) is 2.38. The lowest BCUT2D eigenvalue weighted by atomic mass is 10.2. The van der Waals surface area contributed by atoms with Crippen LogP contribution < -0.4 is 11.1 Å². The van der Waals surface area contributed by atoms with Crippen molar-refractivity contribution in [1.29, 1.82) is 0 Å². The number of urea groups is 1. The average Bonchev–Trinajstić information content (AvgIpc) is 2.72. The quantitative estimate of drug-likeness (QED) is 0.684. The lowest BCUT2D eigenvalue weighted by molar-refractivity contribution is 0.0472. The van der Waals surface area contributed by atoms with Gasteiger partial charge in [0.15, 0.2) is 0 Å². The highest BCUT2D eigenvalue weighted by Crippen LogP contribution is 2.19. The van der Waals surface area contributed by atoms with Crippen molar-refractivity contribution in [2.75, 3.05) is 31.6 Å². The lowest BCUT2D eigenvalue weighted by Gasteiger charge is -2.26. The molecule has 2 aromatic carbocycles. The average molecular weight is 419 g/mol. The Balaban J connectivity index is 1.68. The zero-order chi connectivity index (χ0) is 20.9. The Morgan fingerprint density at radius 3 is 2.55 bits per heavy atom. The number of nitrogens with zero attached hydrogens (tertiary/aromatic N) is 1. The molecule has 1 aliphatic rings. The van der Waals surface area contributed by atoms with Gasteiger partial charge < -0.3 is 20.5 Å². The first-order valence-electron chi connectivity index (χ1n) is 8.87. The molecule has 10 heteroatoms. The van der Waals surface area contributed by atoms with Crippen molar-refractivity contribution in [2.24, 2.45) is 5.73 Å². The van der Waals surface area contributed by atoms with Crippen LogP contribution in [0.15, 0.2) is 53.4 Å². The van der Waals surface area contributed by atoms with Gasteiger partial charge in [0, 0.05) is 18.8 Å². The second kappa shape index (κ2) is 9.03. The third-order valence-corrected chi connectivity index (χ3v) is 6.14. The van der Waals surface area contributed by atoms with E-state index in [4.69, 9.17) is 15.2 Å². The van der Waals surface area contributed by atoms with Gasteiger partial charge in [-0.15, -0.1) is 0 Å². The molecule has 0 saturated carbocycles. The van der Waals surface area contributed by atoms with E-state index in [1.165, 1.54) is 28.6 Å². The summed E-state index contributed by atoms with van der Waals surface area (Å²) in [4.78, 5) is 23.3. The fourth-order valence-electron chi connectivity index (χ4n) is 2.83. The molecule has 2 amide bonds. The van der Waals surface area contributed by atoms with E-state index in [9.17, 15) is 18.0 Å². The van der Waals surface area contributed by atoms with Crippen LogP contribution in [-0.2, 0) is 26.1 Å². The number of esters is 1. The van der Waals surface area contributed by atoms with E-state index in [2.05, 4.69) is 5.32 Å². The van der Waals surface area contributed by atoms with Gasteiger partial charge in [0.05, 0.1) is 23.7 Å². The highest BCUT2D eigenvalue weighted by atomic mass is 32.2. The second-order valence-corrected chi connectivity index (χ2v) is 8.25. The number of ether oxygens (including phenoxy) is 2. The van der Waals surface area contributed by atoms with Crippen molar-refractivity contribution in [3.8, 4) is 0 Å². The fraction of sp³-hybridized carbons (Fsp3) is 0.263. The molecule has 0 atom stereocenters. The van der Waals surface area contributed by atoms with Crippen molar-refractivity contribution in [1.82, 2.24) is 4.31 Å². The Labute approximate surface area is 168 Å². The first-order valence-corrected chi connectivity index (χ1v) is 10.3. The van der Waals surface area contributed by atoms with E-state index >= 15 is 0 Å². The largest absolute Gasteiger partial charge is 0.457 e. The first kappa shape index (κ1) is 20.8. The maximum atomic E-state index is 12.7. The molecule has 0 unspecified atom stereocenters. The van der Waals surface area contributed by atoms with Crippen molar-refractivity contribution in [2.45, 2.75) is 11.5 Å². The molecule has 0 aliphatic carbocycles. The number of nitrogens with two attached hydrogens (primary N) is 1. The summed E-state index contributed by atoms with van der Waals surface area (Å²) >= 11 is 0. The van der Waals surface area contributed by atoms with E-state index in [1.807, 2.05) is 0 Å². The predicted octanol–water partition coefficient (Wildman–Crippen LogP) is 1.56. The Bertz CT molecular complexity index is 1000. The van der Waals surface area contributed by atoms with Gasteiger partial charge in [-0.25, -0.2) is 18.0 Å². The number of sulfonamides is 1. The van der Waals surface area contributed by atoms with E-state index in [-0.39, 0.29) is 17.1 Å². The maximum Gasteiger partial charge on any atom is 0.338 e. The molecule has 0 radical (unpaired) electrons. The van der Waals surface area contributed by atoms with E-state index < -0.39 is 22.0 Å². The maximum absolute atomic E-state index is 12.7. The summed E-state index contributed by atoms with van der Waals surface area (Å²) < 4.78 is 37.3. The van der Waals surface area contributed by atoms with Crippen molar-refractivity contribution in [3.63, 3.8) is 0 Å². The van der Waals surface area contributed by atoms with Gasteiger partial charge in [0.1, 0.15) is 6.61 Å². The molecule has 1 aliphatic heterocycles. The SMILES string of the molecule is NC(=O)Nc1cccc(C(=O)OCc2cccc(S(=O)(=O)N3CCOCC3)c2)c1. The molecular weight excluding hydrogens is 398 g/mol. The number of anilines is 1. The third-order valence-electron chi connectivity index (χ3n) is 4.24. The Morgan fingerprint density at radius 2 is 1.83 bits per heavy atom. The lowest BCUT2D eigenvalue weighted by Crippen LogP contribution is -2.40. The normalized spacial score (nSPS) is 14.9. The van der Waals surface area contributed by atoms with Crippen LogP contribution in [0, 0.1) is 0 Å². The van der Waals surface area contributed by atoms with Crippen molar-refractivity contribution >= 4 is 27.7 Å². The van der Waals surface area contributed by atoms with Gasteiger partial charge in [-0.1, -0.05) is 18.2 Å². The number of benzene rings is 2. The van der Waals surface area contributed by atoms with Crippen LogP contribution in [0.25, 0.3) is 0 Å². The molecule has 0 aromatic heterocycles. The predicted molar refractivity (Wildman–Crippen MR) is 105 cm³/mol. The molecule has 9 nitrogen and oxygen atoms in total. The zero-order valence-electron chi connectivity index (χ0n) is 15.5. The van der Waals surface area contributed by atoms with Gasteiger partial charge in [-0.2, -0.15) is 4.31 Å². The molecule has 154 valence electrons. The molecule has 1 fully saturated rings. The highest BCUT2D eigenvalue weighted by molar-refractivity contribution is 7.89. The molecule has 3 rings (SSSR count). The molecule has 0 bridgehead atoms. The van der Waals surface area contributed by atoms with Crippen LogP contribution in [0.4, 0.5) is 10.5 Å². The molecule has 3 N–H and O–H groups in total. The van der Waals surface area contributed by atoms with E-state index in [0.29, 0.717) is 37.6 Å². The molecule has 2 aromatic rings. The van der Waals surface area contributed by atoms with Crippen LogP contribution in [0.2, 0.25) is 0 Å². The van der Waals surface area contributed by atoms with Crippen LogP contribution in [-0.4, -0.2) is 51.0 Å². The number of hydrogen-bond acceptors (Lipinski definition) is 6. The molecule has 1 heterocycles. The molecule has 0 spiro atoms. The van der Waals surface area contributed by atoms with Crippen molar-refractivity contribution in [3.05, 3.63) is 59.7 Å². The number of morpholine rings is 1. The van der Waals surface area contributed by atoms with E-state index in [0.717, 1.165) is 0 Å². The van der Waals surface area contributed by atoms with Gasteiger partial charge >= 0.3 is 12.0 Å². The zero-order valence-corrected chi connectivity index (χ0v) is 16.4. The molecular formula is C19H21N3O6S. The monoisotopic (exact) mass is 419 g/mol.